The van der Waals surface area contributed by atoms with Crippen molar-refractivity contribution in [2.45, 2.75) is 20.1 Å². The SMILES string of the molecule is CC(/C=N/C(=O)OC[n+]1ccc(C(=O)N2CCOCC2)cc1)Cc1ccccc1. The normalized spacial score (nSPS) is 15.3. The number of aromatic nitrogens is 1. The maximum Gasteiger partial charge on any atom is 0.438 e. The predicted octanol–water partition coefficient (Wildman–Crippen LogP) is 2.49. The summed E-state index contributed by atoms with van der Waals surface area (Å²) in [4.78, 5) is 29.9. The van der Waals surface area contributed by atoms with Gasteiger partial charge in [-0.2, -0.15) is 9.56 Å². The highest BCUT2D eigenvalue weighted by Crippen LogP contribution is 2.07. The number of morpholine rings is 1. The Morgan fingerprint density at radius 3 is 2.55 bits per heavy atom. The summed E-state index contributed by atoms with van der Waals surface area (Å²) in [6, 6.07) is 13.5. The molecule has 2 amide bonds. The molecule has 7 heteroatoms. The Balaban J connectivity index is 1.44. The van der Waals surface area contributed by atoms with E-state index in [-0.39, 0.29) is 18.6 Å². The summed E-state index contributed by atoms with van der Waals surface area (Å²) < 4.78 is 12.1. The quantitative estimate of drug-likeness (QED) is 0.556. The van der Waals surface area contributed by atoms with Crippen LogP contribution in [0.1, 0.15) is 22.8 Å². The Morgan fingerprint density at radius 1 is 1.17 bits per heavy atom. The van der Waals surface area contributed by atoms with E-state index in [4.69, 9.17) is 9.47 Å². The second kappa shape index (κ2) is 10.5. The van der Waals surface area contributed by atoms with Crippen molar-refractivity contribution in [2.75, 3.05) is 26.3 Å². The minimum absolute atomic E-state index is 0.0190. The molecule has 3 rings (SSSR count). The average molecular weight is 396 g/mol. The molecule has 1 aliphatic heterocycles. The minimum Gasteiger partial charge on any atom is -0.387 e. The van der Waals surface area contributed by atoms with Gasteiger partial charge in [0.05, 0.1) is 18.8 Å². The summed E-state index contributed by atoms with van der Waals surface area (Å²) in [6.45, 7) is 4.38. The van der Waals surface area contributed by atoms with Crippen LogP contribution in [0.2, 0.25) is 0 Å². The summed E-state index contributed by atoms with van der Waals surface area (Å²) in [6.07, 6.45) is 5.21. The van der Waals surface area contributed by atoms with Gasteiger partial charge in [0, 0.05) is 31.4 Å². The van der Waals surface area contributed by atoms with Crippen molar-refractivity contribution in [3.8, 4) is 0 Å². The molecule has 2 aromatic rings. The van der Waals surface area contributed by atoms with Crippen molar-refractivity contribution in [1.82, 2.24) is 4.90 Å². The third-order valence-electron chi connectivity index (χ3n) is 4.61. The van der Waals surface area contributed by atoms with Crippen molar-refractivity contribution in [2.24, 2.45) is 10.9 Å². The minimum atomic E-state index is -0.633. The number of hydrogen-bond donors (Lipinski definition) is 0. The Labute approximate surface area is 170 Å². The summed E-state index contributed by atoms with van der Waals surface area (Å²) in [5.41, 5.74) is 1.80. The van der Waals surface area contributed by atoms with E-state index in [1.165, 1.54) is 5.56 Å². The van der Waals surface area contributed by atoms with Crippen LogP contribution in [0.4, 0.5) is 4.79 Å². The van der Waals surface area contributed by atoms with Gasteiger partial charge in [-0.05, 0) is 17.9 Å². The molecule has 1 aromatic carbocycles. The van der Waals surface area contributed by atoms with E-state index in [1.807, 2.05) is 37.3 Å². The highest BCUT2D eigenvalue weighted by molar-refractivity contribution is 5.94. The largest absolute Gasteiger partial charge is 0.438 e. The first-order valence-corrected chi connectivity index (χ1v) is 9.73. The Hall–Kier alpha value is -3.06. The van der Waals surface area contributed by atoms with Gasteiger partial charge in [-0.3, -0.25) is 4.79 Å². The van der Waals surface area contributed by atoms with Gasteiger partial charge < -0.3 is 14.4 Å². The first-order valence-electron chi connectivity index (χ1n) is 9.73. The molecule has 2 heterocycles. The van der Waals surface area contributed by atoms with Gasteiger partial charge in [0.1, 0.15) is 0 Å². The van der Waals surface area contributed by atoms with E-state index in [9.17, 15) is 9.59 Å². The fraction of sp³-hybridized carbons (Fsp3) is 0.364. The zero-order valence-electron chi connectivity index (χ0n) is 16.6. The van der Waals surface area contributed by atoms with Gasteiger partial charge in [-0.15, -0.1) is 0 Å². The molecule has 0 bridgehead atoms. The van der Waals surface area contributed by atoms with E-state index in [0.717, 1.165) is 6.42 Å². The number of rotatable bonds is 6. The Morgan fingerprint density at radius 2 is 1.86 bits per heavy atom. The van der Waals surface area contributed by atoms with E-state index < -0.39 is 6.09 Å². The number of amides is 2. The number of carbonyl (C=O) groups is 2. The summed E-state index contributed by atoms with van der Waals surface area (Å²) >= 11 is 0. The Kier molecular flexibility index (Phi) is 7.47. The van der Waals surface area contributed by atoms with Crippen LogP contribution in [-0.2, 0) is 22.6 Å². The lowest BCUT2D eigenvalue weighted by molar-refractivity contribution is -0.727. The molecule has 0 aliphatic carbocycles. The number of carbonyl (C=O) groups excluding carboxylic acids is 2. The average Bonchev–Trinajstić information content (AvgIpc) is 2.77. The number of aliphatic imine (C=N–C) groups is 1. The van der Waals surface area contributed by atoms with Crippen molar-refractivity contribution < 1.29 is 23.6 Å². The molecule has 0 spiro atoms. The number of pyridine rings is 1. The van der Waals surface area contributed by atoms with Crippen molar-refractivity contribution in [1.29, 1.82) is 0 Å². The predicted molar refractivity (Wildman–Crippen MR) is 108 cm³/mol. The highest BCUT2D eigenvalue weighted by Gasteiger charge is 2.19. The summed E-state index contributed by atoms with van der Waals surface area (Å²) in [7, 11) is 0. The van der Waals surface area contributed by atoms with Crippen LogP contribution in [0.25, 0.3) is 0 Å². The monoisotopic (exact) mass is 396 g/mol. The molecule has 0 saturated carbocycles. The molecular weight excluding hydrogens is 370 g/mol. The van der Waals surface area contributed by atoms with Crippen molar-refractivity contribution in [3.63, 3.8) is 0 Å². The summed E-state index contributed by atoms with van der Waals surface area (Å²) in [5, 5.41) is 0. The number of benzene rings is 1. The second-order valence-corrected chi connectivity index (χ2v) is 6.99. The number of hydrogen-bond acceptors (Lipinski definition) is 4. The molecule has 1 fully saturated rings. The van der Waals surface area contributed by atoms with Gasteiger partial charge in [0.15, 0.2) is 12.4 Å². The van der Waals surface area contributed by atoms with Crippen LogP contribution in [0.3, 0.4) is 0 Å². The molecular formula is C22H26N3O4+. The van der Waals surface area contributed by atoms with Crippen LogP contribution < -0.4 is 4.57 Å². The van der Waals surface area contributed by atoms with Crippen LogP contribution in [0.5, 0.6) is 0 Å². The lowest BCUT2D eigenvalue weighted by Crippen LogP contribution is -2.41. The molecule has 0 N–H and O–H groups in total. The van der Waals surface area contributed by atoms with Crippen LogP contribution in [-0.4, -0.2) is 49.4 Å². The van der Waals surface area contributed by atoms with Crippen molar-refractivity contribution in [3.05, 3.63) is 66.0 Å². The second-order valence-electron chi connectivity index (χ2n) is 6.99. The maximum atomic E-state index is 12.4. The molecule has 1 aromatic heterocycles. The smallest absolute Gasteiger partial charge is 0.387 e. The van der Waals surface area contributed by atoms with Gasteiger partial charge >= 0.3 is 6.09 Å². The molecule has 29 heavy (non-hydrogen) atoms. The first-order chi connectivity index (χ1) is 14.1. The first kappa shape index (κ1) is 20.7. The van der Waals surface area contributed by atoms with E-state index in [1.54, 1.807) is 40.2 Å². The van der Waals surface area contributed by atoms with E-state index >= 15 is 0 Å². The van der Waals surface area contributed by atoms with E-state index in [2.05, 4.69) is 4.99 Å². The molecule has 1 aliphatic rings. The molecule has 1 saturated heterocycles. The molecule has 7 nitrogen and oxygen atoms in total. The molecule has 1 unspecified atom stereocenters. The van der Waals surface area contributed by atoms with Gasteiger partial charge in [0.25, 0.3) is 12.6 Å². The van der Waals surface area contributed by atoms with Gasteiger partial charge in [-0.25, -0.2) is 4.79 Å². The number of nitrogens with zero attached hydrogens (tertiary/aromatic N) is 3. The van der Waals surface area contributed by atoms with Crippen LogP contribution >= 0.6 is 0 Å². The molecule has 1 atom stereocenters. The fourth-order valence-corrected chi connectivity index (χ4v) is 3.03. The van der Waals surface area contributed by atoms with E-state index in [0.29, 0.717) is 31.9 Å². The maximum absolute atomic E-state index is 12.4. The fourth-order valence-electron chi connectivity index (χ4n) is 3.03. The third-order valence-corrected chi connectivity index (χ3v) is 4.61. The van der Waals surface area contributed by atoms with Crippen LogP contribution in [0.15, 0.2) is 59.9 Å². The molecule has 0 radical (unpaired) electrons. The molecule has 152 valence electrons. The lowest BCUT2D eigenvalue weighted by Gasteiger charge is -2.26. The van der Waals surface area contributed by atoms with Crippen molar-refractivity contribution >= 4 is 18.2 Å². The van der Waals surface area contributed by atoms with Gasteiger partial charge in [-0.1, -0.05) is 37.3 Å². The standard InChI is InChI=1S/C22H26N3O4/c1-18(15-19-5-3-2-4-6-19)16-23-22(27)29-17-24-9-7-20(8-10-24)21(26)25-11-13-28-14-12-25/h2-10,16,18H,11-15,17H2,1H3/q+1/b23-16+. The van der Waals surface area contributed by atoms with Crippen LogP contribution in [0, 0.1) is 5.92 Å². The zero-order valence-corrected chi connectivity index (χ0v) is 16.6. The highest BCUT2D eigenvalue weighted by atomic mass is 16.6. The lowest BCUT2D eigenvalue weighted by atomic mass is 10.0. The number of ether oxygens (including phenoxy) is 2. The summed E-state index contributed by atoms with van der Waals surface area (Å²) in [5.74, 6) is 0.109. The zero-order chi connectivity index (χ0) is 20.5. The Bertz CT molecular complexity index is 831. The third kappa shape index (κ3) is 6.50. The topological polar surface area (TPSA) is 72.1 Å². The van der Waals surface area contributed by atoms with Gasteiger partial charge in [0.2, 0.25) is 0 Å².